The second-order valence-corrected chi connectivity index (χ2v) is 9.15. The molecule has 1 aliphatic carbocycles. The van der Waals surface area contributed by atoms with Gasteiger partial charge in [0, 0.05) is 6.08 Å². The highest BCUT2D eigenvalue weighted by molar-refractivity contribution is 5.98. The van der Waals surface area contributed by atoms with E-state index in [-0.39, 0.29) is 11.9 Å². The standard InChI is InChI=1S/C32H32O4/c1-2-29(24-9-5-3-6-10-24)31(25-16-13-23(14-17-25)15-22-30(33)34)26-18-20-28(21-19-26)36-32(35)27-11-7-4-8-12-27/h3,5-6,9-10,13-22,27H,2,4,7-8,11-12H2,1H3,(H,33,34)/b22-15+,31-29+. The normalized spacial score (nSPS) is 14.9. The van der Waals surface area contributed by atoms with Crippen molar-refractivity contribution in [3.05, 3.63) is 107 Å². The van der Waals surface area contributed by atoms with Crippen LogP contribution < -0.4 is 4.74 Å². The zero-order valence-electron chi connectivity index (χ0n) is 20.7. The molecule has 4 rings (SSSR count). The summed E-state index contributed by atoms with van der Waals surface area (Å²) >= 11 is 0. The highest BCUT2D eigenvalue weighted by Gasteiger charge is 2.23. The van der Waals surface area contributed by atoms with E-state index < -0.39 is 5.97 Å². The van der Waals surface area contributed by atoms with Crippen LogP contribution in [0.4, 0.5) is 0 Å². The molecule has 0 aromatic heterocycles. The molecule has 1 saturated carbocycles. The molecule has 0 bridgehead atoms. The van der Waals surface area contributed by atoms with Crippen LogP contribution in [0.1, 0.15) is 67.7 Å². The molecule has 1 N–H and O–H groups in total. The van der Waals surface area contributed by atoms with E-state index in [9.17, 15) is 9.59 Å². The van der Waals surface area contributed by atoms with Crippen LogP contribution in [0.2, 0.25) is 0 Å². The maximum Gasteiger partial charge on any atom is 0.328 e. The van der Waals surface area contributed by atoms with Gasteiger partial charge in [0.15, 0.2) is 0 Å². The number of carbonyl (C=O) groups is 2. The van der Waals surface area contributed by atoms with Gasteiger partial charge in [0.25, 0.3) is 0 Å². The van der Waals surface area contributed by atoms with E-state index >= 15 is 0 Å². The molecule has 0 saturated heterocycles. The quantitative estimate of drug-likeness (QED) is 0.156. The highest BCUT2D eigenvalue weighted by Crippen LogP contribution is 2.35. The fourth-order valence-electron chi connectivity index (χ4n) is 4.84. The summed E-state index contributed by atoms with van der Waals surface area (Å²) in [5.74, 6) is -0.518. The lowest BCUT2D eigenvalue weighted by Crippen LogP contribution is -2.22. The number of esters is 1. The van der Waals surface area contributed by atoms with Crippen molar-refractivity contribution >= 4 is 29.2 Å². The van der Waals surface area contributed by atoms with Crippen molar-refractivity contribution in [1.82, 2.24) is 0 Å². The smallest absolute Gasteiger partial charge is 0.328 e. The lowest BCUT2D eigenvalue weighted by Gasteiger charge is -2.20. The fraction of sp³-hybridized carbons (Fsp3) is 0.250. The Morgan fingerprint density at radius 2 is 1.44 bits per heavy atom. The minimum absolute atomic E-state index is 0.00680. The van der Waals surface area contributed by atoms with Crippen molar-refractivity contribution in [3.63, 3.8) is 0 Å². The van der Waals surface area contributed by atoms with Crippen LogP contribution in [-0.2, 0) is 9.59 Å². The Morgan fingerprint density at radius 1 is 0.833 bits per heavy atom. The van der Waals surface area contributed by atoms with Crippen molar-refractivity contribution in [3.8, 4) is 5.75 Å². The third-order valence-corrected chi connectivity index (χ3v) is 6.70. The number of hydrogen-bond acceptors (Lipinski definition) is 3. The molecular formula is C32H32O4. The SMILES string of the molecule is CC/C(=C(/c1ccc(/C=C/C(=O)O)cc1)c1ccc(OC(=O)C2CCCCC2)cc1)c1ccccc1. The van der Waals surface area contributed by atoms with Gasteiger partial charge in [-0.25, -0.2) is 4.79 Å². The van der Waals surface area contributed by atoms with E-state index in [1.807, 2.05) is 66.7 Å². The average Bonchev–Trinajstić information content (AvgIpc) is 2.92. The number of carboxylic acid groups (broad SMARTS) is 1. The van der Waals surface area contributed by atoms with Gasteiger partial charge in [-0.1, -0.05) is 92.9 Å². The third-order valence-electron chi connectivity index (χ3n) is 6.70. The summed E-state index contributed by atoms with van der Waals surface area (Å²) in [6.07, 6.45) is 8.78. The first-order valence-corrected chi connectivity index (χ1v) is 12.7. The molecule has 0 unspecified atom stereocenters. The lowest BCUT2D eigenvalue weighted by atomic mass is 9.88. The van der Waals surface area contributed by atoms with Crippen LogP contribution in [0.15, 0.2) is 84.9 Å². The highest BCUT2D eigenvalue weighted by atomic mass is 16.5. The predicted octanol–water partition coefficient (Wildman–Crippen LogP) is 7.64. The van der Waals surface area contributed by atoms with Gasteiger partial charge in [-0.05, 0) is 70.9 Å². The van der Waals surface area contributed by atoms with Crippen molar-refractivity contribution in [2.75, 3.05) is 0 Å². The number of carboxylic acids is 1. The first-order chi connectivity index (χ1) is 17.5. The summed E-state index contributed by atoms with van der Waals surface area (Å²) in [6, 6.07) is 26.0. The summed E-state index contributed by atoms with van der Waals surface area (Å²) in [5, 5.41) is 8.92. The van der Waals surface area contributed by atoms with E-state index in [0.717, 1.165) is 66.0 Å². The van der Waals surface area contributed by atoms with Crippen LogP contribution in [0, 0.1) is 5.92 Å². The van der Waals surface area contributed by atoms with E-state index in [4.69, 9.17) is 9.84 Å². The summed E-state index contributed by atoms with van der Waals surface area (Å²) in [6.45, 7) is 2.15. The number of hydrogen-bond donors (Lipinski definition) is 1. The van der Waals surface area contributed by atoms with Gasteiger partial charge < -0.3 is 9.84 Å². The van der Waals surface area contributed by atoms with Crippen molar-refractivity contribution in [1.29, 1.82) is 0 Å². The summed E-state index contributed by atoms with van der Waals surface area (Å²) in [4.78, 5) is 23.5. The van der Waals surface area contributed by atoms with Gasteiger partial charge in [-0.15, -0.1) is 0 Å². The van der Waals surface area contributed by atoms with Crippen molar-refractivity contribution < 1.29 is 19.4 Å². The maximum atomic E-state index is 12.6. The molecule has 4 heteroatoms. The van der Waals surface area contributed by atoms with Crippen LogP contribution >= 0.6 is 0 Å². The second kappa shape index (κ2) is 12.2. The molecule has 3 aromatic carbocycles. The molecule has 4 nitrogen and oxygen atoms in total. The first kappa shape index (κ1) is 25.2. The number of benzene rings is 3. The molecule has 0 aliphatic heterocycles. The van der Waals surface area contributed by atoms with E-state index in [2.05, 4.69) is 19.1 Å². The minimum atomic E-state index is -0.971. The molecular weight excluding hydrogens is 448 g/mol. The predicted molar refractivity (Wildman–Crippen MR) is 144 cm³/mol. The minimum Gasteiger partial charge on any atom is -0.478 e. The van der Waals surface area contributed by atoms with Gasteiger partial charge in [-0.2, -0.15) is 0 Å². The molecule has 0 radical (unpaired) electrons. The Labute approximate surface area is 213 Å². The van der Waals surface area contributed by atoms with Gasteiger partial charge in [0.1, 0.15) is 5.75 Å². The van der Waals surface area contributed by atoms with Gasteiger partial charge in [0.05, 0.1) is 5.92 Å². The zero-order chi connectivity index (χ0) is 25.3. The average molecular weight is 481 g/mol. The van der Waals surface area contributed by atoms with Gasteiger partial charge >= 0.3 is 11.9 Å². The van der Waals surface area contributed by atoms with Gasteiger partial charge in [-0.3, -0.25) is 4.79 Å². The molecule has 0 atom stereocenters. The summed E-state index contributed by atoms with van der Waals surface area (Å²) in [7, 11) is 0. The second-order valence-electron chi connectivity index (χ2n) is 9.15. The van der Waals surface area contributed by atoms with Gasteiger partial charge in [0.2, 0.25) is 0 Å². The Morgan fingerprint density at radius 3 is 2.03 bits per heavy atom. The molecule has 36 heavy (non-hydrogen) atoms. The molecule has 3 aromatic rings. The summed E-state index contributed by atoms with van der Waals surface area (Å²) in [5.41, 5.74) is 6.34. The number of carbonyl (C=O) groups excluding carboxylic acids is 1. The van der Waals surface area contributed by atoms with E-state index in [1.54, 1.807) is 6.08 Å². The largest absolute Gasteiger partial charge is 0.478 e. The Hall–Kier alpha value is -3.92. The topological polar surface area (TPSA) is 63.6 Å². The molecule has 1 aliphatic rings. The van der Waals surface area contributed by atoms with E-state index in [1.165, 1.54) is 12.0 Å². The number of allylic oxidation sites excluding steroid dienone is 1. The number of rotatable bonds is 8. The van der Waals surface area contributed by atoms with Crippen LogP contribution in [-0.4, -0.2) is 17.0 Å². The molecule has 0 heterocycles. The molecule has 1 fully saturated rings. The number of ether oxygens (including phenoxy) is 1. The third kappa shape index (κ3) is 6.39. The summed E-state index contributed by atoms with van der Waals surface area (Å²) < 4.78 is 5.72. The Bertz CT molecular complexity index is 1230. The number of aliphatic carboxylic acids is 1. The first-order valence-electron chi connectivity index (χ1n) is 12.7. The monoisotopic (exact) mass is 480 g/mol. The zero-order valence-corrected chi connectivity index (χ0v) is 20.7. The maximum absolute atomic E-state index is 12.6. The Balaban J connectivity index is 1.68. The van der Waals surface area contributed by atoms with Crippen LogP contribution in [0.5, 0.6) is 5.75 Å². The van der Waals surface area contributed by atoms with Crippen LogP contribution in [0.25, 0.3) is 17.2 Å². The van der Waals surface area contributed by atoms with Crippen LogP contribution in [0.3, 0.4) is 0 Å². The molecule has 184 valence electrons. The lowest BCUT2D eigenvalue weighted by molar-refractivity contribution is -0.140. The van der Waals surface area contributed by atoms with Crippen molar-refractivity contribution in [2.45, 2.75) is 45.4 Å². The fourth-order valence-corrected chi connectivity index (χ4v) is 4.84. The molecule has 0 amide bonds. The van der Waals surface area contributed by atoms with E-state index in [0.29, 0.717) is 5.75 Å². The van der Waals surface area contributed by atoms with Crippen molar-refractivity contribution in [2.24, 2.45) is 5.92 Å². The molecule has 0 spiro atoms. The Kier molecular flexibility index (Phi) is 8.51.